The fraction of sp³-hybridized carbons (Fsp3) is 0.850. The fourth-order valence-corrected chi connectivity index (χ4v) is 3.95. The molecular weight excluding hydrogens is 382 g/mol. The molecule has 0 aromatic rings. The molecule has 0 bridgehead atoms. The van der Waals surface area contributed by atoms with Gasteiger partial charge in [0.15, 0.2) is 5.60 Å². The van der Waals surface area contributed by atoms with Gasteiger partial charge in [0.2, 0.25) is 0 Å². The smallest absolute Gasteiger partial charge is 0.339 e. The highest BCUT2D eigenvalue weighted by molar-refractivity contribution is 5.89. The van der Waals surface area contributed by atoms with Gasteiger partial charge < -0.3 is 30.9 Å². The molecule has 0 aromatic heterocycles. The molecule has 0 aliphatic heterocycles. The largest absolute Gasteiger partial charge is 0.481 e. The Morgan fingerprint density at radius 1 is 1.07 bits per heavy atom. The minimum Gasteiger partial charge on any atom is -0.481 e. The third-order valence-corrected chi connectivity index (χ3v) is 5.35. The first kappa shape index (κ1) is 25.3. The Bertz CT molecular complexity index is 543. The average Bonchev–Trinajstić information content (AvgIpc) is 2.57. The van der Waals surface area contributed by atoms with E-state index in [-0.39, 0.29) is 12.3 Å². The third-order valence-electron chi connectivity index (χ3n) is 5.35. The van der Waals surface area contributed by atoms with Crippen LogP contribution in [0.3, 0.4) is 0 Å². The van der Waals surface area contributed by atoms with Crippen LogP contribution >= 0.6 is 0 Å². The molecular formula is C20H35NO8. The maximum absolute atomic E-state index is 12.6. The Hall–Kier alpha value is -1.71. The molecule has 29 heavy (non-hydrogen) atoms. The number of aliphatic hydroxyl groups excluding tert-OH is 1. The van der Waals surface area contributed by atoms with E-state index in [2.05, 4.69) is 0 Å². The quantitative estimate of drug-likeness (QED) is 0.294. The summed E-state index contributed by atoms with van der Waals surface area (Å²) in [6, 6.07) is -0.713. The van der Waals surface area contributed by atoms with E-state index >= 15 is 0 Å². The molecule has 0 unspecified atom stereocenters. The average molecular weight is 417 g/mol. The van der Waals surface area contributed by atoms with Crippen molar-refractivity contribution in [3.63, 3.8) is 0 Å². The highest BCUT2D eigenvalue weighted by Crippen LogP contribution is 2.29. The number of nitrogens with two attached hydrogens (primary N) is 1. The summed E-state index contributed by atoms with van der Waals surface area (Å²) in [5.41, 5.74) is 3.53. The van der Waals surface area contributed by atoms with E-state index in [1.807, 2.05) is 13.8 Å². The summed E-state index contributed by atoms with van der Waals surface area (Å²) in [4.78, 5) is 34.6. The first-order chi connectivity index (χ1) is 13.4. The van der Waals surface area contributed by atoms with E-state index in [1.54, 1.807) is 0 Å². The number of aliphatic hydroxyl groups is 2. The van der Waals surface area contributed by atoms with Crippen LogP contribution < -0.4 is 5.73 Å². The Morgan fingerprint density at radius 3 is 2.03 bits per heavy atom. The number of carbonyl (C=O) groups excluding carboxylic acids is 1. The number of esters is 1. The summed E-state index contributed by atoms with van der Waals surface area (Å²) in [5.74, 6) is -4.07. The predicted octanol–water partition coefficient (Wildman–Crippen LogP) is 1.28. The zero-order valence-electron chi connectivity index (χ0n) is 17.2. The van der Waals surface area contributed by atoms with Gasteiger partial charge in [0.25, 0.3) is 0 Å². The van der Waals surface area contributed by atoms with Gasteiger partial charge in [0.05, 0.1) is 18.9 Å². The van der Waals surface area contributed by atoms with Crippen LogP contribution in [0.1, 0.15) is 71.6 Å². The van der Waals surface area contributed by atoms with Crippen molar-refractivity contribution in [2.75, 3.05) is 0 Å². The zero-order chi connectivity index (χ0) is 22.2. The van der Waals surface area contributed by atoms with Crippen LogP contribution in [0, 0.1) is 11.8 Å². The van der Waals surface area contributed by atoms with Gasteiger partial charge in [-0.05, 0) is 24.7 Å². The molecule has 1 aliphatic rings. The standard InChI is InChI=1S/C20H35NO8/c1-12(2)8-15(22)18(14(21)9-13-6-4-3-5-7-13)29-19(27)20(28,10-16(23)24)11-17(25)26/h12-15,18,22,28H,3-11,21H2,1-2H3,(H,23,24)(H,25,26)/t14-,15-,18+/m0/s1. The van der Waals surface area contributed by atoms with Crippen molar-refractivity contribution in [3.8, 4) is 0 Å². The second kappa shape index (κ2) is 11.5. The first-order valence-corrected chi connectivity index (χ1v) is 10.2. The van der Waals surface area contributed by atoms with E-state index in [4.69, 9.17) is 20.7 Å². The minimum absolute atomic E-state index is 0.0741. The lowest BCUT2D eigenvalue weighted by Gasteiger charge is -2.34. The van der Waals surface area contributed by atoms with Crippen molar-refractivity contribution < 1.29 is 39.5 Å². The number of rotatable bonds is 12. The van der Waals surface area contributed by atoms with Crippen LogP contribution in [0.5, 0.6) is 0 Å². The maximum Gasteiger partial charge on any atom is 0.339 e. The van der Waals surface area contributed by atoms with Gasteiger partial charge in [-0.3, -0.25) is 9.59 Å². The summed E-state index contributed by atoms with van der Waals surface area (Å²) < 4.78 is 5.29. The van der Waals surface area contributed by atoms with Crippen LogP contribution in [0.4, 0.5) is 0 Å². The minimum atomic E-state index is -2.74. The number of hydrogen-bond donors (Lipinski definition) is 5. The lowest BCUT2D eigenvalue weighted by molar-refractivity contribution is -0.186. The molecule has 1 aliphatic carbocycles. The number of carboxylic acids is 2. The summed E-state index contributed by atoms with van der Waals surface area (Å²) in [6.45, 7) is 3.75. The highest BCUT2D eigenvalue weighted by Gasteiger charge is 2.45. The normalized spacial score (nSPS) is 18.8. The van der Waals surface area contributed by atoms with Gasteiger partial charge in [-0.25, -0.2) is 4.79 Å². The van der Waals surface area contributed by atoms with Crippen LogP contribution in [0.2, 0.25) is 0 Å². The van der Waals surface area contributed by atoms with Crippen molar-refractivity contribution in [1.29, 1.82) is 0 Å². The molecule has 0 heterocycles. The molecule has 6 N–H and O–H groups in total. The number of ether oxygens (including phenoxy) is 1. The van der Waals surface area contributed by atoms with E-state index in [9.17, 15) is 24.6 Å². The molecule has 1 fully saturated rings. The summed E-state index contributed by atoms with van der Waals surface area (Å²) in [6.07, 6.45) is 1.62. The Labute approximate surface area is 171 Å². The fourth-order valence-electron chi connectivity index (χ4n) is 3.95. The number of hydrogen-bond acceptors (Lipinski definition) is 7. The van der Waals surface area contributed by atoms with Crippen LogP contribution in [-0.4, -0.2) is 62.2 Å². The number of carboxylic acid groups (broad SMARTS) is 2. The Balaban J connectivity index is 2.98. The molecule has 1 rings (SSSR count). The first-order valence-electron chi connectivity index (χ1n) is 10.2. The van der Waals surface area contributed by atoms with Crippen molar-refractivity contribution in [2.45, 2.75) is 95.5 Å². The second-order valence-corrected chi connectivity index (χ2v) is 8.64. The third kappa shape index (κ3) is 8.67. The van der Waals surface area contributed by atoms with Gasteiger partial charge >= 0.3 is 17.9 Å². The van der Waals surface area contributed by atoms with Crippen molar-refractivity contribution in [1.82, 2.24) is 0 Å². The number of aliphatic carboxylic acids is 2. The van der Waals surface area contributed by atoms with Crippen molar-refractivity contribution in [2.24, 2.45) is 17.6 Å². The summed E-state index contributed by atoms with van der Waals surface area (Å²) in [7, 11) is 0. The molecule has 9 nitrogen and oxygen atoms in total. The molecule has 3 atom stereocenters. The lowest BCUT2D eigenvalue weighted by Crippen LogP contribution is -2.52. The van der Waals surface area contributed by atoms with Gasteiger partial charge in [0, 0.05) is 6.04 Å². The molecule has 0 aromatic carbocycles. The van der Waals surface area contributed by atoms with Crippen LogP contribution in [-0.2, 0) is 19.1 Å². The monoisotopic (exact) mass is 417 g/mol. The van der Waals surface area contributed by atoms with Gasteiger partial charge in [-0.1, -0.05) is 46.0 Å². The van der Waals surface area contributed by atoms with E-state index in [1.165, 1.54) is 0 Å². The molecule has 0 amide bonds. The zero-order valence-corrected chi connectivity index (χ0v) is 17.2. The summed E-state index contributed by atoms with van der Waals surface area (Å²) in [5, 5.41) is 38.9. The molecule has 1 saturated carbocycles. The Kier molecular flexibility index (Phi) is 10.0. The van der Waals surface area contributed by atoms with E-state index in [0.29, 0.717) is 12.3 Å². The Morgan fingerprint density at radius 2 is 1.59 bits per heavy atom. The van der Waals surface area contributed by atoms with E-state index in [0.717, 1.165) is 32.1 Å². The SMILES string of the molecule is CC(C)C[C@H](O)[C@H](OC(=O)C(O)(CC(=O)O)CC(=O)O)[C@@H](N)CC1CCCCC1. The molecule has 0 saturated heterocycles. The lowest BCUT2D eigenvalue weighted by atomic mass is 9.82. The van der Waals surface area contributed by atoms with Crippen molar-refractivity contribution >= 4 is 17.9 Å². The number of carbonyl (C=O) groups is 3. The van der Waals surface area contributed by atoms with Crippen molar-refractivity contribution in [3.05, 3.63) is 0 Å². The van der Waals surface area contributed by atoms with Crippen LogP contribution in [0.15, 0.2) is 0 Å². The molecule has 168 valence electrons. The molecule has 9 heteroatoms. The van der Waals surface area contributed by atoms with Gasteiger partial charge in [-0.2, -0.15) is 0 Å². The topological polar surface area (TPSA) is 167 Å². The van der Waals surface area contributed by atoms with Crippen LogP contribution in [0.25, 0.3) is 0 Å². The van der Waals surface area contributed by atoms with Gasteiger partial charge in [0.1, 0.15) is 6.10 Å². The summed E-state index contributed by atoms with van der Waals surface area (Å²) >= 11 is 0. The molecule has 0 spiro atoms. The van der Waals surface area contributed by atoms with Gasteiger partial charge in [-0.15, -0.1) is 0 Å². The molecule has 0 radical (unpaired) electrons. The second-order valence-electron chi connectivity index (χ2n) is 8.64. The van der Waals surface area contributed by atoms with E-state index < -0.39 is 54.6 Å². The predicted molar refractivity (Wildman–Crippen MR) is 104 cm³/mol. The highest BCUT2D eigenvalue weighted by atomic mass is 16.6. The maximum atomic E-state index is 12.6.